The van der Waals surface area contributed by atoms with Gasteiger partial charge in [0.25, 0.3) is 0 Å². The summed E-state index contributed by atoms with van der Waals surface area (Å²) < 4.78 is 13.1. The zero-order valence-electron chi connectivity index (χ0n) is 28.3. The summed E-state index contributed by atoms with van der Waals surface area (Å²) >= 11 is 0. The highest BCUT2D eigenvalue weighted by Gasteiger charge is 2.23. The second-order valence-electron chi connectivity index (χ2n) is 13.7. The van der Waals surface area contributed by atoms with Gasteiger partial charge >= 0.3 is 0 Å². The van der Waals surface area contributed by atoms with Crippen molar-refractivity contribution in [2.75, 3.05) is 0 Å². The van der Waals surface area contributed by atoms with E-state index in [-0.39, 0.29) is 0 Å². The van der Waals surface area contributed by atoms with E-state index < -0.39 is 0 Å². The first kappa shape index (κ1) is 29.2. The number of benzene rings is 6. The Morgan fingerprint density at radius 3 is 1.98 bits per heavy atom. The van der Waals surface area contributed by atoms with Crippen LogP contribution in [0.15, 0.2) is 142 Å². The molecule has 5 heteroatoms. The van der Waals surface area contributed by atoms with Crippen molar-refractivity contribution in [1.82, 2.24) is 15.0 Å². The normalized spacial score (nSPS) is 14.2. The molecule has 0 saturated carbocycles. The highest BCUT2D eigenvalue weighted by atomic mass is 16.3. The molecular formula is C47H31N3O2. The Kier molecular flexibility index (Phi) is 6.44. The van der Waals surface area contributed by atoms with Crippen LogP contribution in [-0.2, 0) is 6.42 Å². The zero-order chi connectivity index (χ0) is 34.2. The van der Waals surface area contributed by atoms with Crippen LogP contribution in [0.5, 0.6) is 0 Å². The molecule has 2 aliphatic rings. The maximum atomic E-state index is 6.60. The predicted octanol–water partition coefficient (Wildman–Crippen LogP) is 12.5. The lowest BCUT2D eigenvalue weighted by Gasteiger charge is -2.18. The van der Waals surface area contributed by atoms with Gasteiger partial charge in [-0.25, -0.2) is 15.0 Å². The number of fused-ring (bicyclic) bond motifs is 9. The SMILES string of the molecule is C1=CCCC(c2nc(-c3cc4c(c5ccccc35)CCC=C4)nc(-c3cccc4oc5cccc(-c6cccc7c6oc6ccccc67)c5c34)n2)=C1. The molecule has 0 fully saturated rings. The Hall–Kier alpha value is -6.59. The summed E-state index contributed by atoms with van der Waals surface area (Å²) in [6.45, 7) is 0. The fourth-order valence-corrected chi connectivity index (χ4v) is 8.29. The molecule has 5 nitrogen and oxygen atoms in total. The summed E-state index contributed by atoms with van der Waals surface area (Å²) in [5.74, 6) is 2.00. The lowest BCUT2D eigenvalue weighted by atomic mass is 9.89. The molecule has 2 aliphatic carbocycles. The smallest absolute Gasteiger partial charge is 0.164 e. The summed E-state index contributed by atoms with van der Waals surface area (Å²) in [5.41, 5.74) is 11.0. The summed E-state index contributed by atoms with van der Waals surface area (Å²) in [5, 5.41) is 6.59. The van der Waals surface area contributed by atoms with E-state index in [0.717, 1.165) is 103 Å². The Balaban J connectivity index is 1.20. The first-order valence-corrected chi connectivity index (χ1v) is 18.0. The average Bonchev–Trinajstić information content (AvgIpc) is 3.80. The molecule has 6 aromatic carbocycles. The largest absolute Gasteiger partial charge is 0.456 e. The Labute approximate surface area is 299 Å². The maximum Gasteiger partial charge on any atom is 0.164 e. The molecule has 3 aromatic heterocycles. The molecule has 0 amide bonds. The minimum absolute atomic E-state index is 0.623. The second kappa shape index (κ2) is 11.5. The Morgan fingerprint density at radius 1 is 0.481 bits per heavy atom. The first-order chi connectivity index (χ1) is 25.8. The van der Waals surface area contributed by atoms with Gasteiger partial charge in [0, 0.05) is 38.2 Å². The summed E-state index contributed by atoms with van der Waals surface area (Å²) in [7, 11) is 0. The van der Waals surface area contributed by atoms with E-state index in [1.54, 1.807) is 0 Å². The van der Waals surface area contributed by atoms with Gasteiger partial charge in [0.2, 0.25) is 0 Å². The van der Waals surface area contributed by atoms with E-state index in [2.05, 4.69) is 109 Å². The van der Waals surface area contributed by atoms with Crippen LogP contribution in [0.25, 0.3) is 100 Å². The van der Waals surface area contributed by atoms with E-state index >= 15 is 0 Å². The lowest BCUT2D eigenvalue weighted by molar-refractivity contribution is 0.668. The van der Waals surface area contributed by atoms with Crippen molar-refractivity contribution in [2.45, 2.75) is 25.7 Å². The molecule has 0 spiro atoms. The highest BCUT2D eigenvalue weighted by molar-refractivity contribution is 6.20. The maximum absolute atomic E-state index is 6.60. The van der Waals surface area contributed by atoms with Gasteiger partial charge in [-0.2, -0.15) is 0 Å². The molecule has 52 heavy (non-hydrogen) atoms. The number of hydrogen-bond acceptors (Lipinski definition) is 5. The minimum atomic E-state index is 0.623. The molecular weight excluding hydrogens is 639 g/mol. The van der Waals surface area contributed by atoms with Crippen molar-refractivity contribution >= 4 is 66.3 Å². The molecule has 0 bridgehead atoms. The van der Waals surface area contributed by atoms with Gasteiger partial charge in [0.05, 0.1) is 0 Å². The van der Waals surface area contributed by atoms with Crippen molar-refractivity contribution in [2.24, 2.45) is 0 Å². The van der Waals surface area contributed by atoms with Gasteiger partial charge in [0.15, 0.2) is 17.5 Å². The zero-order valence-corrected chi connectivity index (χ0v) is 28.3. The monoisotopic (exact) mass is 669 g/mol. The fourth-order valence-electron chi connectivity index (χ4n) is 8.29. The van der Waals surface area contributed by atoms with E-state index in [9.17, 15) is 0 Å². The van der Waals surface area contributed by atoms with Gasteiger partial charge < -0.3 is 8.83 Å². The third-order valence-electron chi connectivity index (χ3n) is 10.7. The van der Waals surface area contributed by atoms with Gasteiger partial charge in [-0.05, 0) is 83.0 Å². The molecule has 246 valence electrons. The number of aromatic nitrogens is 3. The van der Waals surface area contributed by atoms with Crippen molar-refractivity contribution in [3.05, 3.63) is 150 Å². The third-order valence-corrected chi connectivity index (χ3v) is 10.7. The van der Waals surface area contributed by atoms with E-state index in [1.807, 2.05) is 30.3 Å². The predicted molar refractivity (Wildman–Crippen MR) is 212 cm³/mol. The van der Waals surface area contributed by atoms with E-state index in [4.69, 9.17) is 23.8 Å². The van der Waals surface area contributed by atoms with Crippen molar-refractivity contribution in [1.29, 1.82) is 0 Å². The molecule has 0 saturated heterocycles. The standard InChI is InChI=1S/C47H31N3O2/c1-2-13-28(14-3-1)45-48-46(50-47(49-45)38-27-29-15-4-5-16-30(29)31-17-6-7-18-32(31)38)37-23-12-26-41-43(37)42-34(20-11-25-40(42)51-41)36-22-10-21-35-33-19-8-9-24-39(33)52-44(35)36/h1-2,4,6-13,15,17-27H,3,5,14,16H2. The van der Waals surface area contributed by atoms with Crippen LogP contribution in [0.1, 0.15) is 36.2 Å². The van der Waals surface area contributed by atoms with Crippen LogP contribution >= 0.6 is 0 Å². The lowest BCUT2D eigenvalue weighted by Crippen LogP contribution is -2.05. The number of aryl methyl sites for hydroxylation is 1. The molecule has 0 aliphatic heterocycles. The van der Waals surface area contributed by atoms with Crippen LogP contribution in [0.3, 0.4) is 0 Å². The number of para-hydroxylation sites is 2. The van der Waals surface area contributed by atoms with Crippen molar-refractivity contribution < 1.29 is 8.83 Å². The molecule has 0 unspecified atom stereocenters. The van der Waals surface area contributed by atoms with Crippen molar-refractivity contribution in [3.8, 4) is 33.9 Å². The van der Waals surface area contributed by atoms with E-state index in [1.165, 1.54) is 16.5 Å². The van der Waals surface area contributed by atoms with Crippen LogP contribution in [0, 0.1) is 0 Å². The number of nitrogens with zero attached hydrogens (tertiary/aromatic N) is 3. The fraction of sp³-hybridized carbons (Fsp3) is 0.0851. The van der Waals surface area contributed by atoms with Crippen LogP contribution < -0.4 is 0 Å². The summed E-state index contributed by atoms with van der Waals surface area (Å²) in [6, 6.07) is 38.0. The Morgan fingerprint density at radius 2 is 1.13 bits per heavy atom. The van der Waals surface area contributed by atoms with Crippen LogP contribution in [-0.4, -0.2) is 15.0 Å². The summed E-state index contributed by atoms with van der Waals surface area (Å²) in [4.78, 5) is 15.8. The minimum Gasteiger partial charge on any atom is -0.456 e. The highest BCUT2D eigenvalue weighted by Crippen LogP contribution is 2.44. The molecule has 9 aromatic rings. The topological polar surface area (TPSA) is 65.0 Å². The van der Waals surface area contributed by atoms with Crippen molar-refractivity contribution in [3.63, 3.8) is 0 Å². The number of allylic oxidation sites excluding steroid dienone is 5. The van der Waals surface area contributed by atoms with Gasteiger partial charge in [-0.15, -0.1) is 0 Å². The number of rotatable bonds is 4. The molecule has 0 N–H and O–H groups in total. The van der Waals surface area contributed by atoms with Crippen LogP contribution in [0.2, 0.25) is 0 Å². The first-order valence-electron chi connectivity index (χ1n) is 18.0. The summed E-state index contributed by atoms with van der Waals surface area (Å²) in [6.07, 6.45) is 14.8. The van der Waals surface area contributed by atoms with Gasteiger partial charge in [-0.3, -0.25) is 0 Å². The average molecular weight is 670 g/mol. The van der Waals surface area contributed by atoms with E-state index in [0.29, 0.717) is 17.5 Å². The van der Waals surface area contributed by atoms with Crippen LogP contribution in [0.4, 0.5) is 0 Å². The van der Waals surface area contributed by atoms with Gasteiger partial charge in [-0.1, -0.05) is 115 Å². The molecule has 11 rings (SSSR count). The number of furan rings is 2. The second-order valence-corrected chi connectivity index (χ2v) is 13.7. The van der Waals surface area contributed by atoms with Gasteiger partial charge in [0.1, 0.15) is 22.3 Å². The molecule has 3 heterocycles. The number of hydrogen-bond donors (Lipinski definition) is 0. The third kappa shape index (κ3) is 4.45. The quantitative estimate of drug-likeness (QED) is 0.187. The Bertz CT molecular complexity index is 3030. The molecule has 0 radical (unpaired) electrons. The molecule has 0 atom stereocenters.